The molecule has 132 valence electrons. The van der Waals surface area contributed by atoms with E-state index in [0.29, 0.717) is 0 Å². The van der Waals surface area contributed by atoms with Crippen LogP contribution in [0.1, 0.15) is 13.3 Å². The predicted molar refractivity (Wildman–Crippen MR) is 84.9 cm³/mol. The highest BCUT2D eigenvalue weighted by Gasteiger charge is 2.34. The number of ether oxygens (including phenoxy) is 1. The van der Waals surface area contributed by atoms with Gasteiger partial charge in [0.25, 0.3) is 5.69 Å². The average molecular weight is 357 g/mol. The van der Waals surface area contributed by atoms with E-state index in [0.717, 1.165) is 12.1 Å². The van der Waals surface area contributed by atoms with Crippen molar-refractivity contribution in [2.45, 2.75) is 30.3 Å². The Morgan fingerprint density at radius 1 is 1.38 bits per heavy atom. The molecule has 1 fully saturated rings. The molecule has 2 rings (SSSR count). The topological polar surface area (TPSA) is 119 Å². The fourth-order valence-corrected chi connectivity index (χ4v) is 4.20. The number of benzene rings is 1. The molecular formula is C14H19N3O6S. The van der Waals surface area contributed by atoms with Gasteiger partial charge >= 0.3 is 5.97 Å². The molecule has 1 aliphatic heterocycles. The van der Waals surface area contributed by atoms with E-state index in [9.17, 15) is 23.3 Å². The summed E-state index contributed by atoms with van der Waals surface area (Å²) in [5.41, 5.74) is -0.175. The van der Waals surface area contributed by atoms with Crippen molar-refractivity contribution in [3.63, 3.8) is 0 Å². The molecule has 10 heteroatoms. The number of carbonyl (C=O) groups is 1. The molecule has 0 saturated carbocycles. The minimum Gasteiger partial charge on any atom is -0.469 e. The Morgan fingerprint density at radius 3 is 2.54 bits per heavy atom. The van der Waals surface area contributed by atoms with Crippen LogP contribution in [0.4, 0.5) is 5.69 Å². The standard InChI is InChI=1S/C14H19N3O6S/c1-10-8-16(9-11(15-10)7-14(18)23-2)24(21,22)13-5-3-12(4-6-13)17(19)20/h3-6,10-11,15H,7-9H2,1-2H3/t10-,11-/m0/s1. The first-order chi connectivity index (χ1) is 11.2. The fourth-order valence-electron chi connectivity index (χ4n) is 2.63. The predicted octanol–water partition coefficient (Wildman–Crippen LogP) is 0.509. The first-order valence-corrected chi connectivity index (χ1v) is 8.75. The Morgan fingerprint density at radius 2 is 2.00 bits per heavy atom. The molecule has 0 aliphatic carbocycles. The number of hydrogen-bond donors (Lipinski definition) is 1. The van der Waals surface area contributed by atoms with Crippen LogP contribution in [0.25, 0.3) is 0 Å². The molecular weight excluding hydrogens is 338 g/mol. The SMILES string of the molecule is COC(=O)C[C@H]1CN(S(=O)(=O)c2ccc([N+](=O)[O-])cc2)C[C@H](C)N1. The number of esters is 1. The number of non-ortho nitro benzene ring substituents is 1. The van der Waals surface area contributed by atoms with Gasteiger partial charge in [0, 0.05) is 37.3 Å². The molecule has 0 amide bonds. The van der Waals surface area contributed by atoms with E-state index >= 15 is 0 Å². The highest BCUT2D eigenvalue weighted by atomic mass is 32.2. The fraction of sp³-hybridized carbons (Fsp3) is 0.500. The maximum atomic E-state index is 12.7. The van der Waals surface area contributed by atoms with Crippen LogP contribution in [0.3, 0.4) is 0 Å². The van der Waals surface area contributed by atoms with Crippen LogP contribution in [0.5, 0.6) is 0 Å². The third kappa shape index (κ3) is 4.08. The van der Waals surface area contributed by atoms with Crippen molar-refractivity contribution in [3.05, 3.63) is 34.4 Å². The van der Waals surface area contributed by atoms with Gasteiger partial charge in [-0.25, -0.2) is 8.42 Å². The molecule has 0 radical (unpaired) electrons. The minimum absolute atomic E-state index is 0.0148. The minimum atomic E-state index is -3.79. The zero-order valence-corrected chi connectivity index (χ0v) is 14.2. The summed E-state index contributed by atoms with van der Waals surface area (Å²) >= 11 is 0. The number of nitrogens with zero attached hydrogens (tertiary/aromatic N) is 2. The summed E-state index contributed by atoms with van der Waals surface area (Å²) < 4.78 is 31.4. The monoisotopic (exact) mass is 357 g/mol. The van der Waals surface area contributed by atoms with Crippen molar-refractivity contribution in [3.8, 4) is 0 Å². The summed E-state index contributed by atoms with van der Waals surface area (Å²) in [6, 6.07) is 4.26. The van der Waals surface area contributed by atoms with E-state index in [1.807, 2.05) is 6.92 Å². The summed E-state index contributed by atoms with van der Waals surface area (Å²) in [6.07, 6.45) is 0.0626. The summed E-state index contributed by atoms with van der Waals surface area (Å²) in [5.74, 6) is -0.422. The highest BCUT2D eigenvalue weighted by molar-refractivity contribution is 7.89. The van der Waals surface area contributed by atoms with Gasteiger partial charge in [0.2, 0.25) is 10.0 Å². The Labute approximate surface area is 139 Å². The number of methoxy groups -OCH3 is 1. The van der Waals surface area contributed by atoms with Crippen LogP contribution in [-0.4, -0.2) is 55.9 Å². The van der Waals surface area contributed by atoms with Gasteiger partial charge in [0.15, 0.2) is 0 Å². The third-order valence-corrected chi connectivity index (χ3v) is 5.59. The molecule has 0 unspecified atom stereocenters. The van der Waals surface area contributed by atoms with Gasteiger partial charge in [-0.05, 0) is 19.1 Å². The zero-order valence-electron chi connectivity index (χ0n) is 13.3. The lowest BCUT2D eigenvalue weighted by atomic mass is 10.1. The van der Waals surface area contributed by atoms with Crippen molar-refractivity contribution in [2.75, 3.05) is 20.2 Å². The number of rotatable bonds is 5. The van der Waals surface area contributed by atoms with Crippen LogP contribution < -0.4 is 5.32 Å². The van der Waals surface area contributed by atoms with Crippen molar-refractivity contribution >= 4 is 21.7 Å². The summed E-state index contributed by atoms with van der Waals surface area (Å²) in [5, 5.41) is 13.8. The lowest BCUT2D eigenvalue weighted by molar-refractivity contribution is -0.384. The van der Waals surface area contributed by atoms with E-state index in [4.69, 9.17) is 0 Å². The molecule has 0 spiro atoms. The average Bonchev–Trinajstić information content (AvgIpc) is 2.54. The van der Waals surface area contributed by atoms with Gasteiger partial charge in [-0.15, -0.1) is 0 Å². The molecule has 9 nitrogen and oxygen atoms in total. The Bertz CT molecular complexity index is 719. The number of nitrogens with one attached hydrogen (secondary N) is 1. The maximum absolute atomic E-state index is 12.7. The normalized spacial score (nSPS) is 22.1. The second-order valence-corrected chi connectivity index (χ2v) is 7.56. The molecule has 1 saturated heterocycles. The van der Waals surface area contributed by atoms with E-state index in [-0.39, 0.29) is 42.2 Å². The molecule has 2 atom stereocenters. The van der Waals surface area contributed by atoms with E-state index in [1.54, 1.807) is 0 Å². The number of hydrogen-bond acceptors (Lipinski definition) is 7. The van der Waals surface area contributed by atoms with Crippen molar-refractivity contribution in [1.82, 2.24) is 9.62 Å². The molecule has 1 aromatic carbocycles. The smallest absolute Gasteiger partial charge is 0.307 e. The quantitative estimate of drug-likeness (QED) is 0.463. The van der Waals surface area contributed by atoms with Gasteiger partial charge in [0.05, 0.1) is 23.3 Å². The van der Waals surface area contributed by atoms with Crippen molar-refractivity contribution < 1.29 is 22.9 Å². The third-order valence-electron chi connectivity index (χ3n) is 3.75. The zero-order chi connectivity index (χ0) is 17.9. The summed E-state index contributed by atoms with van der Waals surface area (Å²) in [7, 11) is -2.52. The van der Waals surface area contributed by atoms with Gasteiger partial charge in [0.1, 0.15) is 0 Å². The van der Waals surface area contributed by atoms with E-state index in [1.165, 1.54) is 23.5 Å². The first-order valence-electron chi connectivity index (χ1n) is 7.31. The molecule has 0 bridgehead atoms. The molecule has 1 N–H and O–H groups in total. The van der Waals surface area contributed by atoms with Gasteiger partial charge < -0.3 is 10.1 Å². The number of nitro groups is 1. The lowest BCUT2D eigenvalue weighted by Crippen LogP contribution is -2.57. The highest BCUT2D eigenvalue weighted by Crippen LogP contribution is 2.22. The van der Waals surface area contributed by atoms with E-state index in [2.05, 4.69) is 10.1 Å². The van der Waals surface area contributed by atoms with E-state index < -0.39 is 20.9 Å². The Kier molecular flexibility index (Phi) is 5.52. The molecule has 1 heterocycles. The van der Waals surface area contributed by atoms with Crippen molar-refractivity contribution in [2.24, 2.45) is 0 Å². The van der Waals surface area contributed by atoms with Crippen molar-refractivity contribution in [1.29, 1.82) is 0 Å². The molecule has 1 aromatic rings. The van der Waals surface area contributed by atoms with Crippen LogP contribution in [0.2, 0.25) is 0 Å². The Balaban J connectivity index is 2.20. The lowest BCUT2D eigenvalue weighted by Gasteiger charge is -2.36. The summed E-state index contributed by atoms with van der Waals surface area (Å²) in [6.45, 7) is 2.19. The van der Waals surface area contributed by atoms with Gasteiger partial charge in [-0.2, -0.15) is 4.31 Å². The van der Waals surface area contributed by atoms with Crippen LogP contribution in [-0.2, 0) is 19.6 Å². The molecule has 0 aromatic heterocycles. The van der Waals surface area contributed by atoms with Gasteiger partial charge in [-0.3, -0.25) is 14.9 Å². The molecule has 24 heavy (non-hydrogen) atoms. The number of nitro benzene ring substituents is 1. The van der Waals surface area contributed by atoms with Crippen LogP contribution in [0.15, 0.2) is 29.2 Å². The number of carbonyl (C=O) groups excluding carboxylic acids is 1. The second-order valence-electron chi connectivity index (χ2n) is 5.62. The van der Waals surface area contributed by atoms with Crippen LogP contribution in [0, 0.1) is 10.1 Å². The largest absolute Gasteiger partial charge is 0.469 e. The number of sulfonamides is 1. The first kappa shape index (κ1) is 18.3. The molecule has 1 aliphatic rings. The summed E-state index contributed by atoms with van der Waals surface area (Å²) in [4.78, 5) is 21.5. The number of piperazine rings is 1. The Hall–Kier alpha value is -2.04. The van der Waals surface area contributed by atoms with Gasteiger partial charge in [-0.1, -0.05) is 0 Å². The van der Waals surface area contributed by atoms with Crippen LogP contribution >= 0.6 is 0 Å². The second kappa shape index (κ2) is 7.24. The maximum Gasteiger partial charge on any atom is 0.307 e.